The maximum Gasteiger partial charge on any atom is 1.00 e. The smallest absolute Gasteiger partial charge is 0.550 e. The van der Waals surface area contributed by atoms with Gasteiger partial charge in [-0.25, -0.2) is 7.05 Å². The second-order valence-electron chi connectivity index (χ2n) is 18.1. The van der Waals surface area contributed by atoms with Crippen molar-refractivity contribution < 1.29 is 162 Å². The van der Waals surface area contributed by atoms with Crippen molar-refractivity contribution in [3.63, 3.8) is 0 Å². The predicted molar refractivity (Wildman–Crippen MR) is 363 cm³/mol. The van der Waals surface area contributed by atoms with Gasteiger partial charge in [0.15, 0.2) is 15.3 Å². The van der Waals surface area contributed by atoms with Gasteiger partial charge < -0.3 is 29.8 Å². The summed E-state index contributed by atoms with van der Waals surface area (Å²) in [7, 11) is 4.01. The van der Waals surface area contributed by atoms with Crippen LogP contribution in [-0.2, 0) is 57.5 Å². The molecule has 0 saturated carbocycles. The molecular weight excluding hydrogens is 1470 g/mol. The van der Waals surface area contributed by atoms with Gasteiger partial charge >= 0.3 is 101 Å². The number of para-hydroxylation sites is 1. The molecule has 0 atom stereocenters. The standard InChI is InChI=1S/C16H16N3O2S2.2C13H14N2O4S3.C12H13NO3S4.CO2.3Na/c1-4-18-13(20)12(14(21)19(5-2)16(18)22)15-17(3)10-8-6-7-9-11(10)23-15;2*1-3-14-10(18)9(11(19)15(4-2)13(14)20)12-21-6-7(22-12)5-8(16)17;1-2-3-4-13-10(16)9(20-12(13)17)11-18-6-7(19-11)5-8(14)15;2-1-3;;;/h6-9H,3-5H2,1-2H3;2*6H,3-5H2,1-2H3,(H,16,17);6H,2-5H2,1H3,(H,14,15);;;;/q-1;;;;;3*+1/p-2/b;;;11-9+;;;;. The van der Waals surface area contributed by atoms with Gasteiger partial charge in [-0.15, -0.1) is 0 Å². The predicted octanol–water partition coefficient (Wildman–Crippen LogP) is -2.05. The molecule has 8 heterocycles. The molecule has 0 spiro atoms. The van der Waals surface area contributed by atoms with Crippen LogP contribution in [-0.4, -0.2) is 170 Å². The van der Waals surface area contributed by atoms with Crippen molar-refractivity contribution >= 4 is 234 Å². The molecule has 480 valence electrons. The van der Waals surface area contributed by atoms with E-state index in [4.69, 9.17) is 63.6 Å². The minimum absolute atomic E-state index is 0. The number of hydrogen-bond donors (Lipinski definition) is 1. The fraction of sp³-hybridized carbons (Fsp3) is 0.345. The van der Waals surface area contributed by atoms with Crippen molar-refractivity contribution in [1.82, 2.24) is 34.3 Å². The van der Waals surface area contributed by atoms with E-state index in [1.54, 1.807) is 53.7 Å². The number of benzene rings is 1. The van der Waals surface area contributed by atoms with Crippen LogP contribution < -0.4 is 104 Å². The number of nitrogens with zero attached hydrogens (tertiary/aromatic N) is 8. The summed E-state index contributed by atoms with van der Waals surface area (Å²) >= 11 is 31.0. The molecule has 0 radical (unpaired) electrons. The van der Waals surface area contributed by atoms with Gasteiger partial charge in [0.1, 0.15) is 25.9 Å². The maximum atomic E-state index is 12.8. The summed E-state index contributed by atoms with van der Waals surface area (Å²) in [5.74, 6) is -5.71. The largest absolute Gasteiger partial charge is 1.00 e. The van der Waals surface area contributed by atoms with Gasteiger partial charge in [0, 0.05) is 95.9 Å². The van der Waals surface area contributed by atoms with Gasteiger partial charge in [-0.2, -0.15) is 9.59 Å². The summed E-state index contributed by atoms with van der Waals surface area (Å²) in [6.45, 7) is 15.9. The van der Waals surface area contributed by atoms with Crippen LogP contribution in [0.3, 0.4) is 0 Å². The molecule has 1 aromatic carbocycles. The Kier molecular flexibility index (Phi) is 38.3. The zero-order valence-corrected chi connectivity index (χ0v) is 67.7. The van der Waals surface area contributed by atoms with Crippen LogP contribution in [0.15, 0.2) is 99.5 Å². The maximum absolute atomic E-state index is 12.8. The molecule has 93 heavy (non-hydrogen) atoms. The molecule has 0 aliphatic carbocycles. The first-order valence-electron chi connectivity index (χ1n) is 26.9. The molecule has 7 amide bonds. The summed E-state index contributed by atoms with van der Waals surface area (Å²) in [6.07, 6.45) is 1.71. The summed E-state index contributed by atoms with van der Waals surface area (Å²) in [5, 5.41) is 36.4. The number of thiocarbonyl (C=S) groups is 4. The third-order valence-corrected chi connectivity index (χ3v) is 24.0. The number of aliphatic carboxylic acids is 3. The van der Waals surface area contributed by atoms with Crippen LogP contribution in [0.1, 0.15) is 80.6 Å². The van der Waals surface area contributed by atoms with Crippen LogP contribution in [0.5, 0.6) is 0 Å². The molecule has 1 aromatic rings. The summed E-state index contributed by atoms with van der Waals surface area (Å²) in [4.78, 5) is 151. The summed E-state index contributed by atoms with van der Waals surface area (Å²) < 4.78 is 2.41. The quantitative estimate of drug-likeness (QED) is 0.0650. The number of carboxylic acids is 3. The molecule has 1 N–H and O–H groups in total. The fourth-order valence-electron chi connectivity index (χ4n) is 8.34. The molecule has 4 saturated heterocycles. The van der Waals surface area contributed by atoms with Crippen molar-refractivity contribution in [3.05, 3.63) is 102 Å². The van der Waals surface area contributed by atoms with Crippen LogP contribution in [0, 0.1) is 7.05 Å². The Balaban J connectivity index is 0.000000412. The van der Waals surface area contributed by atoms with Gasteiger partial charge in [0.25, 0.3) is 41.4 Å². The topological polar surface area (TPSA) is 297 Å². The van der Waals surface area contributed by atoms with Crippen LogP contribution >= 0.6 is 143 Å². The van der Waals surface area contributed by atoms with Gasteiger partial charge in [-0.1, -0.05) is 132 Å². The Morgan fingerprint density at radius 1 is 0.505 bits per heavy atom. The molecule has 0 bridgehead atoms. The number of carboxylic acid groups (broad SMARTS) is 3. The van der Waals surface area contributed by atoms with Gasteiger partial charge in [-0.3, -0.25) is 72.7 Å². The number of likely N-dealkylation sites (N-methyl/N-ethyl adjacent to an activating group) is 6. The zero-order chi connectivity index (χ0) is 67.0. The third kappa shape index (κ3) is 21.2. The van der Waals surface area contributed by atoms with Crippen molar-refractivity contribution in [1.29, 1.82) is 0 Å². The number of thioether (sulfide) groups is 8. The van der Waals surface area contributed by atoms with E-state index in [1.165, 1.54) is 100.0 Å². The van der Waals surface area contributed by atoms with Crippen LogP contribution in [0.25, 0.3) is 0 Å². The van der Waals surface area contributed by atoms with Crippen molar-refractivity contribution in [3.8, 4) is 0 Å². The number of carbonyl (C=O) groups is 10. The first-order valence-corrected chi connectivity index (χ1v) is 35.2. The summed E-state index contributed by atoms with van der Waals surface area (Å²) in [5.41, 5.74) is 1.15. The molecule has 38 heteroatoms. The molecule has 8 aliphatic heterocycles. The van der Waals surface area contributed by atoms with E-state index < -0.39 is 41.5 Å². The Bertz CT molecular complexity index is 3330. The number of hydrogen-bond acceptors (Lipinski definition) is 27. The molecule has 0 aromatic heterocycles. The second-order valence-corrected chi connectivity index (χ2v) is 28.7. The first kappa shape index (κ1) is 86.5. The third-order valence-electron chi connectivity index (χ3n) is 12.6. The van der Waals surface area contributed by atoms with E-state index in [0.717, 1.165) is 51.2 Å². The minimum atomic E-state index is -1.20. The van der Waals surface area contributed by atoms with E-state index in [-0.39, 0.29) is 164 Å². The Labute approximate surface area is 659 Å². The number of unbranched alkanes of at least 4 members (excludes halogenated alkanes) is 1. The number of carbonyl (C=O) groups excluding carboxylic acids is 11. The van der Waals surface area contributed by atoms with Crippen LogP contribution in [0.4, 0.5) is 5.69 Å². The van der Waals surface area contributed by atoms with E-state index in [0.29, 0.717) is 83.3 Å². The normalized spacial score (nSPS) is 18.5. The van der Waals surface area contributed by atoms with E-state index in [9.17, 15) is 58.2 Å². The molecule has 23 nitrogen and oxygen atoms in total. The van der Waals surface area contributed by atoms with Crippen molar-refractivity contribution in [2.75, 3.05) is 50.7 Å². The minimum Gasteiger partial charge on any atom is -0.550 e. The molecule has 0 unspecified atom stereocenters. The number of anilines is 1. The summed E-state index contributed by atoms with van der Waals surface area (Å²) in [6, 6.07) is 7.69. The first-order chi connectivity index (χ1) is 42.7. The average molecular weight is 1520 g/mol. The SMILES string of the molecule is CCCCN1C(=O)/C(=C2/SC=C(CC(=O)[O-])S2)SC1=S.CCN1C(=O)C(=C2SC=C(CC(=O)O)S2)C(=O)N(CC)C1=S.CCN1C(=O)C(=C2SC=C(CC(=O)[O-])S2)C(=O)N(CC)C1=S.O=C=O.[CH2-]N1C(=C2C(=O)N(CC)C(=S)N(CC)C2=O)Sc2ccccc21.[Na+].[Na+].[Na+]. The average Bonchev–Trinajstić information content (AvgIpc) is 1.77. The molecule has 8 aliphatic rings. The number of rotatable bonds is 15. The Morgan fingerprint density at radius 2 is 0.849 bits per heavy atom. The van der Waals surface area contributed by atoms with E-state index in [2.05, 4.69) is 14.0 Å². The van der Waals surface area contributed by atoms with Gasteiger partial charge in [-0.05, 0) is 113 Å². The van der Waals surface area contributed by atoms with Crippen molar-refractivity contribution in [2.24, 2.45) is 0 Å². The van der Waals surface area contributed by atoms with Crippen LogP contribution in [0.2, 0.25) is 0 Å². The molecule has 4 fully saturated rings. The number of fused-ring (bicyclic) bond motifs is 1. The number of amides is 7. The Hall–Kier alpha value is -2.56. The van der Waals surface area contributed by atoms with E-state index in [1.807, 2.05) is 38.1 Å². The van der Waals surface area contributed by atoms with Gasteiger partial charge in [0.2, 0.25) is 0 Å². The second kappa shape index (κ2) is 41.1. The van der Waals surface area contributed by atoms with Crippen molar-refractivity contribution in [2.45, 2.75) is 85.5 Å². The fourth-order valence-corrected chi connectivity index (χ4v) is 19.2. The van der Waals surface area contributed by atoms with E-state index >= 15 is 0 Å². The zero-order valence-electron chi connectivity index (χ0n) is 51.9. The monoisotopic (exact) mass is 1520 g/mol. The van der Waals surface area contributed by atoms with Gasteiger partial charge in [0.05, 0.1) is 24.2 Å². The molecule has 9 rings (SSSR count). The Morgan fingerprint density at radius 3 is 1.19 bits per heavy atom. The molecular formula is C55H55N8Na3O15S12.